The second-order valence-electron chi connectivity index (χ2n) is 5.60. The average molecular weight is 305 g/mol. The van der Waals surface area contributed by atoms with Crippen molar-refractivity contribution in [1.29, 1.82) is 0 Å². The van der Waals surface area contributed by atoms with Gasteiger partial charge in [0.2, 0.25) is 0 Å². The molecule has 0 aliphatic rings. The van der Waals surface area contributed by atoms with Crippen LogP contribution in [-0.4, -0.2) is 15.7 Å². The van der Waals surface area contributed by atoms with E-state index in [0.717, 1.165) is 22.3 Å². The molecule has 1 aromatic heterocycles. The van der Waals surface area contributed by atoms with Gasteiger partial charge >= 0.3 is 0 Å². The molecule has 3 rings (SSSR count). The molecule has 0 unspecified atom stereocenters. The Bertz CT molecular complexity index is 822. The van der Waals surface area contributed by atoms with E-state index < -0.39 is 0 Å². The summed E-state index contributed by atoms with van der Waals surface area (Å²) < 4.78 is 1.76. The fourth-order valence-corrected chi connectivity index (χ4v) is 2.51. The molecule has 1 heterocycles. The first kappa shape index (κ1) is 15.0. The lowest BCUT2D eigenvalue weighted by atomic mass is 10.00. The molecule has 1 N–H and O–H groups in total. The van der Waals surface area contributed by atoms with Gasteiger partial charge in [0.1, 0.15) is 0 Å². The predicted octanol–water partition coefficient (Wildman–Crippen LogP) is 3.33. The van der Waals surface area contributed by atoms with E-state index in [0.29, 0.717) is 12.1 Å². The van der Waals surface area contributed by atoms with Gasteiger partial charge in [0.25, 0.3) is 5.91 Å². The normalized spacial score (nSPS) is 10.5. The van der Waals surface area contributed by atoms with Gasteiger partial charge in [0.05, 0.1) is 6.20 Å². The molecule has 0 aliphatic heterocycles. The van der Waals surface area contributed by atoms with Gasteiger partial charge in [-0.15, -0.1) is 0 Å². The van der Waals surface area contributed by atoms with E-state index in [-0.39, 0.29) is 5.91 Å². The maximum Gasteiger partial charge on any atom is 0.251 e. The quantitative estimate of drug-likeness (QED) is 0.803. The van der Waals surface area contributed by atoms with E-state index in [1.54, 1.807) is 4.68 Å². The molecule has 23 heavy (non-hydrogen) atoms. The van der Waals surface area contributed by atoms with Gasteiger partial charge in [-0.05, 0) is 35.7 Å². The lowest BCUT2D eigenvalue weighted by molar-refractivity contribution is 0.0951. The third-order valence-corrected chi connectivity index (χ3v) is 3.81. The van der Waals surface area contributed by atoms with Crippen LogP contribution >= 0.6 is 0 Å². The Kier molecular flexibility index (Phi) is 4.24. The van der Waals surface area contributed by atoms with E-state index in [2.05, 4.69) is 10.4 Å². The van der Waals surface area contributed by atoms with Crippen LogP contribution in [0.1, 0.15) is 21.5 Å². The van der Waals surface area contributed by atoms with Crippen LogP contribution in [-0.2, 0) is 13.6 Å². The summed E-state index contributed by atoms with van der Waals surface area (Å²) in [6.07, 6.45) is 3.77. The minimum atomic E-state index is -0.0704. The first-order valence-electron chi connectivity index (χ1n) is 7.55. The first-order valence-corrected chi connectivity index (χ1v) is 7.55. The fraction of sp³-hybridized carbons (Fsp3) is 0.158. The monoisotopic (exact) mass is 305 g/mol. The number of rotatable bonds is 4. The Labute approximate surface area is 135 Å². The largest absolute Gasteiger partial charge is 0.348 e. The Morgan fingerprint density at radius 1 is 1.17 bits per heavy atom. The molecule has 0 aliphatic carbocycles. The summed E-state index contributed by atoms with van der Waals surface area (Å²) in [7, 11) is 1.88. The summed E-state index contributed by atoms with van der Waals surface area (Å²) in [5, 5.41) is 7.16. The van der Waals surface area contributed by atoms with Gasteiger partial charge in [0.15, 0.2) is 0 Å². The lowest BCUT2D eigenvalue weighted by Gasteiger charge is -2.09. The summed E-state index contributed by atoms with van der Waals surface area (Å²) in [5.74, 6) is -0.0704. The van der Waals surface area contributed by atoms with Crippen molar-refractivity contribution < 1.29 is 4.79 Å². The number of nitrogens with one attached hydrogen (secondary N) is 1. The van der Waals surface area contributed by atoms with Crippen LogP contribution < -0.4 is 5.32 Å². The molecule has 0 radical (unpaired) electrons. The molecule has 0 bridgehead atoms. The molecule has 3 aromatic rings. The molecule has 0 atom stereocenters. The van der Waals surface area contributed by atoms with E-state index in [9.17, 15) is 4.79 Å². The van der Waals surface area contributed by atoms with Crippen molar-refractivity contribution in [2.24, 2.45) is 7.05 Å². The number of benzene rings is 2. The van der Waals surface area contributed by atoms with E-state index >= 15 is 0 Å². The first-order chi connectivity index (χ1) is 11.1. The Morgan fingerprint density at radius 2 is 1.96 bits per heavy atom. The van der Waals surface area contributed by atoms with Crippen molar-refractivity contribution in [1.82, 2.24) is 15.1 Å². The fourth-order valence-electron chi connectivity index (χ4n) is 2.51. The van der Waals surface area contributed by atoms with Crippen LogP contribution in [0.2, 0.25) is 0 Å². The summed E-state index contributed by atoms with van der Waals surface area (Å²) in [5.41, 5.74) is 4.91. The van der Waals surface area contributed by atoms with Crippen molar-refractivity contribution in [3.63, 3.8) is 0 Å². The summed E-state index contributed by atoms with van der Waals surface area (Å²) >= 11 is 0. The molecule has 0 saturated carbocycles. The van der Waals surface area contributed by atoms with Crippen LogP contribution in [0, 0.1) is 6.92 Å². The van der Waals surface area contributed by atoms with Gasteiger partial charge in [-0.3, -0.25) is 9.48 Å². The third-order valence-electron chi connectivity index (χ3n) is 3.81. The maximum absolute atomic E-state index is 12.4. The number of carbonyl (C=O) groups is 1. The third kappa shape index (κ3) is 3.48. The molecule has 4 nitrogen and oxygen atoms in total. The highest BCUT2D eigenvalue weighted by Gasteiger charge is 2.10. The van der Waals surface area contributed by atoms with Gasteiger partial charge in [-0.2, -0.15) is 5.10 Å². The molecule has 2 aromatic carbocycles. The van der Waals surface area contributed by atoms with E-state index in [4.69, 9.17) is 0 Å². The molecule has 0 saturated heterocycles. The van der Waals surface area contributed by atoms with Gasteiger partial charge < -0.3 is 5.32 Å². The number of aromatic nitrogens is 2. The maximum atomic E-state index is 12.4. The molecular weight excluding hydrogens is 286 g/mol. The summed E-state index contributed by atoms with van der Waals surface area (Å²) in [6.45, 7) is 2.56. The standard InChI is InChI=1S/C19H19N3O/c1-14-8-9-16(10-18(14)17-12-21-22(2)13-17)19(23)20-11-15-6-4-3-5-7-15/h3-10,12-13H,11H2,1-2H3,(H,20,23). The van der Waals surface area contributed by atoms with Crippen LogP contribution in [0.25, 0.3) is 11.1 Å². The molecule has 0 spiro atoms. The molecule has 116 valence electrons. The highest BCUT2D eigenvalue weighted by molar-refractivity contribution is 5.95. The Hall–Kier alpha value is -2.88. The Morgan fingerprint density at radius 3 is 2.65 bits per heavy atom. The highest BCUT2D eigenvalue weighted by atomic mass is 16.1. The van der Waals surface area contributed by atoms with Gasteiger partial charge in [0, 0.05) is 30.9 Å². The zero-order valence-corrected chi connectivity index (χ0v) is 13.3. The minimum absolute atomic E-state index is 0.0704. The average Bonchev–Trinajstić information content (AvgIpc) is 3.00. The Balaban J connectivity index is 1.79. The summed E-state index contributed by atoms with van der Waals surface area (Å²) in [6, 6.07) is 15.6. The minimum Gasteiger partial charge on any atom is -0.348 e. The van der Waals surface area contributed by atoms with E-state index in [1.807, 2.05) is 74.9 Å². The SMILES string of the molecule is Cc1ccc(C(=O)NCc2ccccc2)cc1-c1cnn(C)c1. The second-order valence-corrected chi connectivity index (χ2v) is 5.60. The smallest absolute Gasteiger partial charge is 0.251 e. The van der Waals surface area contributed by atoms with Crippen LogP contribution in [0.4, 0.5) is 0 Å². The predicted molar refractivity (Wildman–Crippen MR) is 91.0 cm³/mol. The second kappa shape index (κ2) is 6.48. The van der Waals surface area contributed by atoms with Crippen molar-refractivity contribution in [2.75, 3.05) is 0 Å². The number of hydrogen-bond acceptors (Lipinski definition) is 2. The van der Waals surface area contributed by atoms with Crippen molar-refractivity contribution in [3.05, 3.63) is 77.6 Å². The zero-order chi connectivity index (χ0) is 16.2. The number of amides is 1. The zero-order valence-electron chi connectivity index (χ0n) is 13.3. The molecule has 0 fully saturated rings. The van der Waals surface area contributed by atoms with E-state index in [1.165, 1.54) is 0 Å². The topological polar surface area (TPSA) is 46.9 Å². The van der Waals surface area contributed by atoms with Crippen LogP contribution in [0.5, 0.6) is 0 Å². The number of hydrogen-bond donors (Lipinski definition) is 1. The molecule has 1 amide bonds. The lowest BCUT2D eigenvalue weighted by Crippen LogP contribution is -2.22. The van der Waals surface area contributed by atoms with Crippen LogP contribution in [0.15, 0.2) is 60.9 Å². The van der Waals surface area contributed by atoms with Crippen molar-refractivity contribution in [2.45, 2.75) is 13.5 Å². The number of nitrogens with zero attached hydrogens (tertiary/aromatic N) is 2. The number of aryl methyl sites for hydroxylation is 2. The van der Waals surface area contributed by atoms with Crippen molar-refractivity contribution >= 4 is 5.91 Å². The molecular formula is C19H19N3O. The van der Waals surface area contributed by atoms with Crippen molar-refractivity contribution in [3.8, 4) is 11.1 Å². The van der Waals surface area contributed by atoms with Gasteiger partial charge in [-0.25, -0.2) is 0 Å². The highest BCUT2D eigenvalue weighted by Crippen LogP contribution is 2.24. The van der Waals surface area contributed by atoms with Gasteiger partial charge in [-0.1, -0.05) is 36.4 Å². The summed E-state index contributed by atoms with van der Waals surface area (Å²) in [4.78, 5) is 12.4. The van der Waals surface area contributed by atoms with Crippen LogP contribution in [0.3, 0.4) is 0 Å². The molecule has 4 heteroatoms. The number of carbonyl (C=O) groups excluding carboxylic acids is 1.